The van der Waals surface area contributed by atoms with Crippen molar-refractivity contribution in [3.63, 3.8) is 0 Å². The van der Waals surface area contributed by atoms with E-state index in [4.69, 9.17) is 0 Å². The van der Waals surface area contributed by atoms with Crippen LogP contribution in [0.5, 0.6) is 0 Å². The van der Waals surface area contributed by atoms with Crippen molar-refractivity contribution in [1.82, 2.24) is 0 Å². The molecule has 0 saturated heterocycles. The number of hydrogen-bond acceptors (Lipinski definition) is 6. The molecule has 0 radical (unpaired) electrons. The second kappa shape index (κ2) is 10.0. The fraction of sp³-hybridized carbons (Fsp3) is 0. The molecule has 0 N–H and O–H groups in total. The first-order valence-corrected chi connectivity index (χ1v) is 16.0. The van der Waals surface area contributed by atoms with Crippen LogP contribution in [0.15, 0.2) is 126 Å². The van der Waals surface area contributed by atoms with Crippen LogP contribution in [0.2, 0.25) is 0 Å². The van der Waals surface area contributed by atoms with Crippen LogP contribution in [0.25, 0.3) is 36.7 Å². The highest BCUT2D eigenvalue weighted by Gasteiger charge is 2.33. The van der Waals surface area contributed by atoms with E-state index in [2.05, 4.69) is 102 Å². The van der Waals surface area contributed by atoms with Crippen LogP contribution in [0.4, 0.5) is 17.1 Å². The lowest BCUT2D eigenvalue weighted by Gasteiger charge is -2.25. The molecular formula is C36H21NO2S3. The number of hydrogen-bond donors (Lipinski definition) is 0. The zero-order valence-corrected chi connectivity index (χ0v) is 24.6. The Morgan fingerprint density at radius 2 is 1.12 bits per heavy atom. The van der Waals surface area contributed by atoms with Gasteiger partial charge in [0.1, 0.15) is 0 Å². The number of thiophene rings is 3. The molecule has 42 heavy (non-hydrogen) atoms. The summed E-state index contributed by atoms with van der Waals surface area (Å²) in [5.74, 6) is -0.331. The zero-order chi connectivity index (χ0) is 28.2. The summed E-state index contributed by atoms with van der Waals surface area (Å²) in [5.41, 5.74) is 5.86. The van der Waals surface area contributed by atoms with E-state index < -0.39 is 0 Å². The van der Waals surface area contributed by atoms with Gasteiger partial charge in [-0.2, -0.15) is 11.3 Å². The van der Waals surface area contributed by atoms with Gasteiger partial charge in [0.2, 0.25) is 0 Å². The van der Waals surface area contributed by atoms with Crippen molar-refractivity contribution in [3.8, 4) is 10.4 Å². The Morgan fingerprint density at radius 3 is 1.74 bits per heavy atom. The molecule has 0 unspecified atom stereocenters. The highest BCUT2D eigenvalue weighted by atomic mass is 32.1. The maximum absolute atomic E-state index is 12.7. The Balaban J connectivity index is 1.10. The van der Waals surface area contributed by atoms with Crippen molar-refractivity contribution in [3.05, 3.63) is 142 Å². The molecule has 0 fully saturated rings. The van der Waals surface area contributed by atoms with Crippen LogP contribution in [0, 0.1) is 0 Å². The number of ketones is 2. The lowest BCUT2D eigenvalue weighted by Crippen LogP contribution is -2.09. The van der Waals surface area contributed by atoms with E-state index in [1.807, 2.05) is 12.1 Å². The molecule has 0 bridgehead atoms. The molecule has 0 aliphatic heterocycles. The second-order valence-corrected chi connectivity index (χ2v) is 13.1. The minimum atomic E-state index is -0.166. The molecule has 0 spiro atoms. The summed E-state index contributed by atoms with van der Waals surface area (Å²) in [7, 11) is 0. The highest BCUT2D eigenvalue weighted by molar-refractivity contribution is 7.23. The van der Waals surface area contributed by atoms with Crippen LogP contribution >= 0.6 is 34.0 Å². The summed E-state index contributed by atoms with van der Waals surface area (Å²) in [6.45, 7) is 0. The standard InChI is InChI=1S/C36H21NO2S3/c38-35-29(36(39)31-21-40-20-30(31)35)19-28-15-23-16-34-24(18-33(23)41-28)17-32(42-34)22-11-13-27(14-12-22)37(25-7-3-1-4-8-25)26-9-5-2-6-10-26/h1-21H. The van der Waals surface area contributed by atoms with E-state index in [0.29, 0.717) is 11.1 Å². The normalized spacial score (nSPS) is 12.8. The number of Topliss-reactive ketones (excluding diaryl/α,β-unsaturated/α-hetero) is 2. The van der Waals surface area contributed by atoms with Crippen LogP contribution in [-0.4, -0.2) is 11.6 Å². The molecule has 0 amide bonds. The lowest BCUT2D eigenvalue weighted by molar-refractivity contribution is 0.0990. The van der Waals surface area contributed by atoms with Crippen molar-refractivity contribution in [2.45, 2.75) is 0 Å². The van der Waals surface area contributed by atoms with Crippen molar-refractivity contribution < 1.29 is 9.59 Å². The SMILES string of the molecule is O=C1C(=Cc2cc3cc4sc(-c5ccc(N(c6ccccc6)c6ccccc6)cc5)cc4cc3s2)C(=O)c2cscc21. The molecule has 0 atom stereocenters. The number of anilines is 3. The van der Waals surface area contributed by atoms with Gasteiger partial charge in [-0.15, -0.1) is 22.7 Å². The molecule has 200 valence electrons. The summed E-state index contributed by atoms with van der Waals surface area (Å²) < 4.78 is 2.35. The maximum atomic E-state index is 12.7. The van der Waals surface area contributed by atoms with Crippen molar-refractivity contribution in [2.75, 3.05) is 4.90 Å². The first-order valence-electron chi connectivity index (χ1n) is 13.5. The summed E-state index contributed by atoms with van der Waals surface area (Å²) in [4.78, 5) is 29.9. The highest BCUT2D eigenvalue weighted by Crippen LogP contribution is 2.41. The molecule has 1 aliphatic rings. The van der Waals surface area contributed by atoms with E-state index in [9.17, 15) is 9.59 Å². The summed E-state index contributed by atoms with van der Waals surface area (Å²) in [6, 6.07) is 38.4. The number of rotatable bonds is 5. The molecule has 6 heteroatoms. The Morgan fingerprint density at radius 1 is 0.571 bits per heavy atom. The fourth-order valence-electron chi connectivity index (χ4n) is 5.50. The first kappa shape index (κ1) is 25.1. The molecule has 7 aromatic rings. The van der Waals surface area contributed by atoms with Crippen LogP contribution in [0.1, 0.15) is 25.6 Å². The van der Waals surface area contributed by atoms with Crippen molar-refractivity contribution >= 4 is 88.9 Å². The van der Waals surface area contributed by atoms with E-state index in [1.54, 1.807) is 39.5 Å². The molecule has 3 heterocycles. The van der Waals surface area contributed by atoms with Crippen LogP contribution in [0.3, 0.4) is 0 Å². The number of fused-ring (bicyclic) bond motifs is 3. The number of nitrogens with zero attached hydrogens (tertiary/aromatic N) is 1. The predicted octanol–water partition coefficient (Wildman–Crippen LogP) is 10.8. The first-order chi connectivity index (χ1) is 20.6. The number of allylic oxidation sites excluding steroid dienone is 1. The third-order valence-corrected chi connectivity index (χ3v) is 10.5. The smallest absolute Gasteiger partial charge is 0.198 e. The number of para-hydroxylation sites is 2. The van der Waals surface area contributed by atoms with Gasteiger partial charge in [-0.3, -0.25) is 9.59 Å². The van der Waals surface area contributed by atoms with Crippen LogP contribution < -0.4 is 4.90 Å². The topological polar surface area (TPSA) is 37.4 Å². The predicted molar refractivity (Wildman–Crippen MR) is 178 cm³/mol. The Labute approximate surface area is 254 Å². The Bertz CT molecular complexity index is 2040. The van der Waals surface area contributed by atoms with Gasteiger partial charge >= 0.3 is 0 Å². The minimum absolute atomic E-state index is 0.166. The fourth-order valence-corrected chi connectivity index (χ4v) is 8.44. The van der Waals surface area contributed by atoms with Gasteiger partial charge in [0.15, 0.2) is 11.6 Å². The third-order valence-electron chi connectivity index (χ3n) is 7.54. The van der Waals surface area contributed by atoms with E-state index in [0.717, 1.165) is 32.0 Å². The number of carbonyl (C=O) groups is 2. The van der Waals surface area contributed by atoms with Gasteiger partial charge < -0.3 is 4.90 Å². The number of benzene rings is 4. The molecule has 0 saturated carbocycles. The summed E-state index contributed by atoms with van der Waals surface area (Å²) >= 11 is 4.78. The molecule has 4 aromatic carbocycles. The molecule has 3 aromatic heterocycles. The average molecular weight is 596 g/mol. The Hall–Kier alpha value is -4.62. The largest absolute Gasteiger partial charge is 0.311 e. The quantitative estimate of drug-likeness (QED) is 0.147. The van der Waals surface area contributed by atoms with Crippen molar-refractivity contribution in [1.29, 1.82) is 0 Å². The monoisotopic (exact) mass is 595 g/mol. The third kappa shape index (κ3) is 4.23. The average Bonchev–Trinajstić information content (AvgIpc) is 3.80. The van der Waals surface area contributed by atoms with E-state index in [-0.39, 0.29) is 17.1 Å². The molecule has 3 nitrogen and oxygen atoms in total. The molecule has 8 rings (SSSR count). The Kier molecular flexibility index (Phi) is 6.00. The van der Waals surface area contributed by atoms with E-state index in [1.165, 1.54) is 31.9 Å². The van der Waals surface area contributed by atoms with E-state index >= 15 is 0 Å². The minimum Gasteiger partial charge on any atom is -0.311 e. The molecule has 1 aliphatic carbocycles. The molecular weight excluding hydrogens is 575 g/mol. The van der Waals surface area contributed by atoms with Crippen LogP contribution in [-0.2, 0) is 0 Å². The van der Waals surface area contributed by atoms with Crippen molar-refractivity contribution in [2.24, 2.45) is 0 Å². The lowest BCUT2D eigenvalue weighted by atomic mass is 10.1. The van der Waals surface area contributed by atoms with Gasteiger partial charge in [-0.05, 0) is 83.1 Å². The van der Waals surface area contributed by atoms with Gasteiger partial charge in [0, 0.05) is 58.1 Å². The summed E-state index contributed by atoms with van der Waals surface area (Å²) in [5, 5.41) is 5.85. The van der Waals surface area contributed by atoms with Gasteiger partial charge in [-0.1, -0.05) is 48.5 Å². The zero-order valence-electron chi connectivity index (χ0n) is 22.1. The van der Waals surface area contributed by atoms with Gasteiger partial charge in [-0.25, -0.2) is 0 Å². The van der Waals surface area contributed by atoms with Gasteiger partial charge in [0.25, 0.3) is 0 Å². The number of carbonyl (C=O) groups excluding carboxylic acids is 2. The second-order valence-electron chi connectivity index (χ2n) is 10.2. The van der Waals surface area contributed by atoms with Gasteiger partial charge in [0.05, 0.1) is 5.57 Å². The summed E-state index contributed by atoms with van der Waals surface area (Å²) in [6.07, 6.45) is 1.76. The maximum Gasteiger partial charge on any atom is 0.198 e.